The molecule has 0 unspecified atom stereocenters. The molecule has 4 heterocycles. The summed E-state index contributed by atoms with van der Waals surface area (Å²) in [5, 5.41) is 6.41. The van der Waals surface area contributed by atoms with E-state index in [1.165, 1.54) is 0 Å². The molecular formula is C47H55N7O6. The van der Waals surface area contributed by atoms with E-state index in [0.717, 1.165) is 63.1 Å². The van der Waals surface area contributed by atoms with Crippen LogP contribution in [0.4, 0.5) is 15.3 Å². The first-order chi connectivity index (χ1) is 28.5. The fraction of sp³-hybridized carbons (Fsp3) is 0.489. The Bertz CT molecular complexity index is 2410. The minimum Gasteiger partial charge on any atom is -0.433 e. The summed E-state index contributed by atoms with van der Waals surface area (Å²) in [6.45, 7) is 15.1. The Labute approximate surface area is 350 Å². The molecule has 3 N–H and O–H groups in total. The monoisotopic (exact) mass is 813 g/mol. The van der Waals surface area contributed by atoms with E-state index in [4.69, 9.17) is 19.5 Å². The Morgan fingerprint density at radius 1 is 0.667 bits per heavy atom. The van der Waals surface area contributed by atoms with Crippen molar-refractivity contribution < 1.29 is 28.7 Å². The van der Waals surface area contributed by atoms with Crippen molar-refractivity contribution in [3.05, 3.63) is 72.1 Å². The molecule has 2 atom stereocenters. The summed E-state index contributed by atoms with van der Waals surface area (Å²) in [5.74, 6) is 0.125. The Balaban J connectivity index is 0.868. The van der Waals surface area contributed by atoms with Gasteiger partial charge in [0, 0.05) is 64.0 Å². The molecule has 314 valence electrons. The van der Waals surface area contributed by atoms with Gasteiger partial charge in [0.2, 0.25) is 0 Å². The van der Waals surface area contributed by atoms with Crippen LogP contribution in [-0.4, -0.2) is 92.9 Å². The van der Waals surface area contributed by atoms with Crippen LogP contribution in [0, 0.1) is 10.8 Å². The van der Waals surface area contributed by atoms with Crippen molar-refractivity contribution in [3.63, 3.8) is 0 Å². The summed E-state index contributed by atoms with van der Waals surface area (Å²) >= 11 is 0. The third-order valence-corrected chi connectivity index (χ3v) is 12.7. The molecule has 0 bridgehead atoms. The van der Waals surface area contributed by atoms with Gasteiger partial charge in [0.15, 0.2) is 11.2 Å². The highest BCUT2D eigenvalue weighted by Crippen LogP contribution is 2.44. The molecule has 3 aliphatic heterocycles. The van der Waals surface area contributed by atoms with E-state index in [-0.39, 0.29) is 28.7 Å². The number of hydrogen-bond acceptors (Lipinski definition) is 8. The third kappa shape index (κ3) is 7.62. The lowest BCUT2D eigenvalue weighted by Gasteiger charge is -2.34. The average molecular weight is 814 g/mol. The predicted octanol–water partition coefficient (Wildman–Crippen LogP) is 8.01. The highest BCUT2D eigenvalue weighted by molar-refractivity contribution is 6.02. The molecule has 3 aromatic carbocycles. The van der Waals surface area contributed by atoms with Crippen molar-refractivity contribution in [1.29, 1.82) is 0 Å². The van der Waals surface area contributed by atoms with Gasteiger partial charge in [-0.25, -0.2) is 14.6 Å². The number of hydrogen-bond donors (Lipinski definition) is 3. The van der Waals surface area contributed by atoms with Gasteiger partial charge in [-0.15, -0.1) is 0 Å². The molecular weight excluding hydrogens is 759 g/mol. The van der Waals surface area contributed by atoms with E-state index in [9.17, 15) is 19.2 Å². The van der Waals surface area contributed by atoms with E-state index in [0.29, 0.717) is 64.1 Å². The Kier molecular flexibility index (Phi) is 9.59. The number of nitrogens with zero attached hydrogens (tertiary/aromatic N) is 4. The first kappa shape index (κ1) is 39.7. The second kappa shape index (κ2) is 14.5. The molecule has 2 saturated carbocycles. The molecule has 13 heteroatoms. The van der Waals surface area contributed by atoms with Crippen LogP contribution in [0.25, 0.3) is 33.3 Å². The number of H-pyrrole nitrogens is 1. The normalized spacial score (nSPS) is 19.5. The highest BCUT2D eigenvalue weighted by atomic mass is 16.6. The van der Waals surface area contributed by atoms with Crippen LogP contribution in [0.15, 0.2) is 65.7 Å². The lowest BCUT2D eigenvalue weighted by Crippen LogP contribution is -2.54. The molecule has 0 radical (unpaired) electrons. The molecule has 4 amide bonds. The largest absolute Gasteiger partial charge is 0.433 e. The molecule has 60 heavy (non-hydrogen) atoms. The van der Waals surface area contributed by atoms with Crippen molar-refractivity contribution in [2.45, 2.75) is 110 Å². The summed E-state index contributed by atoms with van der Waals surface area (Å²) < 4.78 is 11.5. The molecule has 4 aromatic rings. The summed E-state index contributed by atoms with van der Waals surface area (Å²) in [6, 6.07) is 20.2. The van der Waals surface area contributed by atoms with Gasteiger partial charge in [-0.3, -0.25) is 14.6 Å². The lowest BCUT2D eigenvalue weighted by atomic mass is 9.82. The standard InChI is InChI=1S/C47H55N7O6/c1-44(2,3)37(51-40(55)46(17-18-46)59-42(57)53-21-7-22-53)36-27-32-25-30(13-15-33(32)48-36)28-9-11-29(12-10-28)31-14-16-34-35(26-31)50-39(49-34)38(45(4,5)6)52-41(56)47(19-20-47)60-43(58)54-23-8-24-54/h9-16,25-26,37-38H,7-8,17-24,27H2,1-6H3,(H,49,50)(H,51,55)(H,52,56)/t37-,38-/m1/s1. The molecule has 13 nitrogen and oxygen atoms in total. The number of aliphatic imine (C=N–C) groups is 1. The van der Waals surface area contributed by atoms with E-state index in [2.05, 4.69) is 106 Å². The number of amides is 4. The number of carbonyl (C=O) groups excluding carboxylic acids is 4. The maximum Gasteiger partial charge on any atom is 0.410 e. The average Bonchev–Trinajstić information content (AvgIpc) is 4.02. The number of nitrogens with one attached hydrogen (secondary N) is 3. The predicted molar refractivity (Wildman–Crippen MR) is 229 cm³/mol. The number of carbonyl (C=O) groups is 4. The number of benzene rings is 3. The number of aromatic amines is 1. The SMILES string of the molecule is CC(C)(C)[C@H](NC(=O)C1(OC(=O)N2CCC2)CC1)C1=Nc2ccc(-c3ccc(-c4ccc5nc([C@@H](NC(=O)C6(OC(=O)N7CCC7)CC6)C(C)(C)C)[nH]c5c4)cc3)cc2C1. The summed E-state index contributed by atoms with van der Waals surface area (Å²) in [6.07, 6.45) is 3.81. The fourth-order valence-corrected chi connectivity index (χ4v) is 8.23. The van der Waals surface area contributed by atoms with Gasteiger partial charge in [0.05, 0.1) is 28.8 Å². The van der Waals surface area contributed by atoms with Gasteiger partial charge in [-0.05, 0) is 75.8 Å². The topological polar surface area (TPSA) is 158 Å². The zero-order valence-electron chi connectivity index (χ0n) is 35.4. The maximum atomic E-state index is 13.6. The van der Waals surface area contributed by atoms with Crippen LogP contribution in [-0.2, 0) is 25.5 Å². The van der Waals surface area contributed by atoms with E-state index < -0.39 is 29.4 Å². The molecule has 4 fully saturated rings. The highest BCUT2D eigenvalue weighted by Gasteiger charge is 2.57. The minimum absolute atomic E-state index is 0.245. The van der Waals surface area contributed by atoms with Crippen LogP contribution in [0.1, 0.15) is 97.5 Å². The van der Waals surface area contributed by atoms with Gasteiger partial charge in [0.25, 0.3) is 11.8 Å². The summed E-state index contributed by atoms with van der Waals surface area (Å²) in [5.41, 5.74) is 5.90. The molecule has 2 saturated heterocycles. The summed E-state index contributed by atoms with van der Waals surface area (Å²) in [7, 11) is 0. The zero-order valence-corrected chi connectivity index (χ0v) is 35.4. The first-order valence-corrected chi connectivity index (χ1v) is 21.4. The van der Waals surface area contributed by atoms with Crippen molar-refractivity contribution in [1.82, 2.24) is 30.4 Å². The first-order valence-electron chi connectivity index (χ1n) is 21.4. The smallest absolute Gasteiger partial charge is 0.410 e. The van der Waals surface area contributed by atoms with Crippen LogP contribution >= 0.6 is 0 Å². The molecule has 5 aliphatic rings. The van der Waals surface area contributed by atoms with Crippen LogP contribution in [0.3, 0.4) is 0 Å². The number of fused-ring (bicyclic) bond motifs is 2. The van der Waals surface area contributed by atoms with Gasteiger partial charge in [-0.2, -0.15) is 0 Å². The van der Waals surface area contributed by atoms with Crippen LogP contribution in [0.2, 0.25) is 0 Å². The maximum absolute atomic E-state index is 13.6. The van der Waals surface area contributed by atoms with E-state index in [1.807, 2.05) is 12.1 Å². The molecule has 1 aromatic heterocycles. The van der Waals surface area contributed by atoms with E-state index >= 15 is 0 Å². The number of ether oxygens (including phenoxy) is 2. The lowest BCUT2D eigenvalue weighted by molar-refractivity contribution is -0.134. The van der Waals surface area contributed by atoms with Crippen molar-refractivity contribution >= 4 is 46.4 Å². The Hall–Kier alpha value is -5.72. The summed E-state index contributed by atoms with van der Waals surface area (Å²) in [4.78, 5) is 69.0. The van der Waals surface area contributed by atoms with Crippen LogP contribution in [0.5, 0.6) is 0 Å². The van der Waals surface area contributed by atoms with Crippen molar-refractivity contribution in [2.75, 3.05) is 26.2 Å². The second-order valence-corrected chi connectivity index (χ2v) is 19.5. The minimum atomic E-state index is -1.11. The van der Waals surface area contributed by atoms with Gasteiger partial charge in [0.1, 0.15) is 5.82 Å². The fourth-order valence-electron chi connectivity index (χ4n) is 8.23. The Morgan fingerprint density at radius 3 is 1.63 bits per heavy atom. The van der Waals surface area contributed by atoms with Gasteiger partial charge < -0.3 is 34.9 Å². The second-order valence-electron chi connectivity index (χ2n) is 19.5. The zero-order chi connectivity index (χ0) is 42.2. The number of likely N-dealkylation sites (tertiary alicyclic amines) is 2. The molecule has 9 rings (SSSR count). The Morgan fingerprint density at radius 2 is 1.15 bits per heavy atom. The van der Waals surface area contributed by atoms with Crippen molar-refractivity contribution in [3.8, 4) is 22.3 Å². The van der Waals surface area contributed by atoms with Gasteiger partial charge >= 0.3 is 12.2 Å². The number of rotatable bonds is 10. The molecule has 2 aliphatic carbocycles. The quantitative estimate of drug-likeness (QED) is 0.146. The van der Waals surface area contributed by atoms with Gasteiger partial charge in [-0.1, -0.05) is 77.9 Å². The number of aromatic nitrogens is 2. The van der Waals surface area contributed by atoms with Crippen molar-refractivity contribution in [2.24, 2.45) is 15.8 Å². The molecule has 0 spiro atoms. The van der Waals surface area contributed by atoms with Crippen LogP contribution < -0.4 is 10.6 Å². The van der Waals surface area contributed by atoms with E-state index in [1.54, 1.807) is 9.80 Å². The number of imidazole rings is 1. The third-order valence-electron chi connectivity index (χ3n) is 12.7.